The zero-order chi connectivity index (χ0) is 20.5. The summed E-state index contributed by atoms with van der Waals surface area (Å²) in [4.78, 5) is 24.0. The van der Waals surface area contributed by atoms with Crippen molar-refractivity contribution in [1.82, 2.24) is 9.97 Å². The summed E-state index contributed by atoms with van der Waals surface area (Å²) in [6, 6.07) is 7.51. The molecular weight excluding hydrogens is 378 g/mol. The highest BCUT2D eigenvalue weighted by molar-refractivity contribution is 5.94. The molecule has 8 heteroatoms. The Balaban J connectivity index is 1.57. The Bertz CT molecular complexity index is 1080. The Hall–Kier alpha value is -3.29. The number of methoxy groups -OCH3 is 1. The molecule has 2 heterocycles. The molecule has 0 amide bonds. The van der Waals surface area contributed by atoms with E-state index >= 15 is 0 Å². The number of fused-ring (bicyclic) bond motifs is 1. The lowest BCUT2D eigenvalue weighted by Gasteiger charge is -2.37. The van der Waals surface area contributed by atoms with Gasteiger partial charge in [0, 0.05) is 43.2 Å². The zero-order valence-electron chi connectivity index (χ0n) is 16.2. The van der Waals surface area contributed by atoms with E-state index in [-0.39, 0.29) is 11.5 Å². The van der Waals surface area contributed by atoms with Crippen LogP contribution in [0.2, 0.25) is 0 Å². The van der Waals surface area contributed by atoms with Crippen molar-refractivity contribution in [2.24, 2.45) is 0 Å². The summed E-state index contributed by atoms with van der Waals surface area (Å²) in [7, 11) is 1.42. The summed E-state index contributed by atoms with van der Waals surface area (Å²) in [5.74, 6) is -0.208. The fraction of sp³-hybridized carbons (Fsp3) is 0.286. The molecule has 1 fully saturated rings. The molecule has 0 atom stereocenters. The highest BCUT2D eigenvalue weighted by Crippen LogP contribution is 2.30. The molecule has 1 saturated heterocycles. The number of carbonyl (C=O) groups is 1. The molecule has 1 aliphatic heterocycles. The Morgan fingerprint density at radius 3 is 2.38 bits per heavy atom. The van der Waals surface area contributed by atoms with Crippen LogP contribution in [0.4, 0.5) is 20.3 Å². The zero-order valence-corrected chi connectivity index (χ0v) is 16.2. The van der Waals surface area contributed by atoms with Gasteiger partial charge in [0.05, 0.1) is 18.3 Å². The minimum absolute atomic E-state index is 0.139. The number of anilines is 2. The Kier molecular flexibility index (Phi) is 5.00. The second kappa shape index (κ2) is 7.62. The minimum atomic E-state index is -0.473. The fourth-order valence-corrected chi connectivity index (χ4v) is 3.59. The molecule has 6 nitrogen and oxygen atoms in total. The van der Waals surface area contributed by atoms with Crippen LogP contribution in [0.25, 0.3) is 10.9 Å². The molecule has 2 aromatic carbocycles. The monoisotopic (exact) mass is 398 g/mol. The Morgan fingerprint density at radius 2 is 1.72 bits per heavy atom. The molecule has 4 rings (SSSR count). The highest BCUT2D eigenvalue weighted by Gasteiger charge is 2.23. The molecule has 3 aromatic rings. The average molecular weight is 398 g/mol. The van der Waals surface area contributed by atoms with Gasteiger partial charge in [-0.3, -0.25) is 4.79 Å². The minimum Gasteiger partial charge on any atom is -0.494 e. The average Bonchev–Trinajstić information content (AvgIpc) is 2.73. The second-order valence-electron chi connectivity index (χ2n) is 6.90. The largest absolute Gasteiger partial charge is 0.494 e. The quantitative estimate of drug-likeness (QED) is 0.628. The van der Waals surface area contributed by atoms with Crippen LogP contribution in [0.5, 0.6) is 5.75 Å². The lowest BCUT2D eigenvalue weighted by molar-refractivity contribution is 0.101. The van der Waals surface area contributed by atoms with Gasteiger partial charge >= 0.3 is 0 Å². The van der Waals surface area contributed by atoms with Gasteiger partial charge in [-0.1, -0.05) is 0 Å². The molecular formula is C21H20F2N4O2. The van der Waals surface area contributed by atoms with E-state index in [1.165, 1.54) is 32.5 Å². The number of hydrogen-bond acceptors (Lipinski definition) is 6. The highest BCUT2D eigenvalue weighted by atomic mass is 19.1. The number of nitrogens with zero attached hydrogens (tertiary/aromatic N) is 4. The topological polar surface area (TPSA) is 58.6 Å². The summed E-state index contributed by atoms with van der Waals surface area (Å²) >= 11 is 0. The van der Waals surface area contributed by atoms with E-state index in [9.17, 15) is 13.6 Å². The third kappa shape index (κ3) is 3.57. The summed E-state index contributed by atoms with van der Waals surface area (Å²) in [5, 5.41) is 0.705. The van der Waals surface area contributed by atoms with Crippen LogP contribution in [0.15, 0.2) is 36.7 Å². The van der Waals surface area contributed by atoms with E-state index in [1.54, 1.807) is 18.2 Å². The fourth-order valence-electron chi connectivity index (χ4n) is 3.59. The summed E-state index contributed by atoms with van der Waals surface area (Å²) in [6.07, 6.45) is 1.41. The molecule has 0 aliphatic carbocycles. The van der Waals surface area contributed by atoms with Crippen LogP contribution >= 0.6 is 0 Å². The second-order valence-corrected chi connectivity index (χ2v) is 6.90. The molecule has 0 saturated carbocycles. The van der Waals surface area contributed by atoms with Crippen LogP contribution < -0.4 is 14.5 Å². The number of Topliss-reactive ketones (excluding diaryl/α,β-unsaturated/α-hetero) is 1. The molecule has 0 bridgehead atoms. The number of benzene rings is 2. The summed E-state index contributed by atoms with van der Waals surface area (Å²) in [5.41, 5.74) is 1.34. The first-order valence-corrected chi connectivity index (χ1v) is 9.26. The predicted molar refractivity (Wildman–Crippen MR) is 107 cm³/mol. The first kappa shape index (κ1) is 19.0. The smallest absolute Gasteiger partial charge is 0.167 e. The maximum absolute atomic E-state index is 14.5. The molecule has 0 N–H and O–H groups in total. The van der Waals surface area contributed by atoms with Crippen molar-refractivity contribution in [2.45, 2.75) is 6.92 Å². The van der Waals surface area contributed by atoms with Gasteiger partial charge in [-0.25, -0.2) is 18.7 Å². The first-order chi connectivity index (χ1) is 14.0. The third-order valence-corrected chi connectivity index (χ3v) is 5.16. The molecule has 1 aliphatic rings. The van der Waals surface area contributed by atoms with Gasteiger partial charge in [-0.2, -0.15) is 0 Å². The van der Waals surface area contributed by atoms with E-state index in [2.05, 4.69) is 14.9 Å². The van der Waals surface area contributed by atoms with Gasteiger partial charge in [0.25, 0.3) is 0 Å². The van der Waals surface area contributed by atoms with Gasteiger partial charge in [-0.05, 0) is 31.2 Å². The Labute approximate surface area is 166 Å². The van der Waals surface area contributed by atoms with Crippen molar-refractivity contribution in [1.29, 1.82) is 0 Å². The molecule has 29 heavy (non-hydrogen) atoms. The van der Waals surface area contributed by atoms with Crippen molar-refractivity contribution < 1.29 is 18.3 Å². The number of carbonyl (C=O) groups excluding carboxylic acids is 1. The van der Waals surface area contributed by atoms with Gasteiger partial charge in [0.15, 0.2) is 17.3 Å². The molecule has 0 spiro atoms. The first-order valence-electron chi connectivity index (χ1n) is 9.26. The lowest BCUT2D eigenvalue weighted by atomic mass is 10.1. The summed E-state index contributed by atoms with van der Waals surface area (Å²) in [6.45, 7) is 3.81. The van der Waals surface area contributed by atoms with Crippen LogP contribution in [0, 0.1) is 11.6 Å². The van der Waals surface area contributed by atoms with Crippen LogP contribution in [0.3, 0.4) is 0 Å². The third-order valence-electron chi connectivity index (χ3n) is 5.16. The van der Waals surface area contributed by atoms with Gasteiger partial charge in [0.1, 0.15) is 18.0 Å². The van der Waals surface area contributed by atoms with Crippen molar-refractivity contribution in [3.05, 3.63) is 53.9 Å². The molecule has 0 radical (unpaired) electrons. The number of ketones is 1. The number of ether oxygens (including phenoxy) is 1. The maximum Gasteiger partial charge on any atom is 0.167 e. The Morgan fingerprint density at radius 1 is 1.00 bits per heavy atom. The van der Waals surface area contributed by atoms with Crippen molar-refractivity contribution >= 4 is 28.2 Å². The van der Waals surface area contributed by atoms with Gasteiger partial charge in [-0.15, -0.1) is 0 Å². The van der Waals surface area contributed by atoms with E-state index in [4.69, 9.17) is 4.74 Å². The van der Waals surface area contributed by atoms with E-state index in [1.807, 2.05) is 4.90 Å². The molecule has 150 valence electrons. The van der Waals surface area contributed by atoms with Crippen molar-refractivity contribution in [3.63, 3.8) is 0 Å². The predicted octanol–water partition coefficient (Wildman–Crippen LogP) is 3.45. The number of rotatable bonds is 4. The number of piperazine rings is 1. The lowest BCUT2D eigenvalue weighted by Crippen LogP contribution is -2.47. The van der Waals surface area contributed by atoms with Crippen LogP contribution in [-0.4, -0.2) is 49.0 Å². The summed E-state index contributed by atoms with van der Waals surface area (Å²) < 4.78 is 33.5. The van der Waals surface area contributed by atoms with E-state index < -0.39 is 11.6 Å². The molecule has 0 unspecified atom stereocenters. The van der Waals surface area contributed by atoms with Gasteiger partial charge < -0.3 is 14.5 Å². The van der Waals surface area contributed by atoms with Crippen molar-refractivity contribution in [3.8, 4) is 5.75 Å². The normalized spacial score (nSPS) is 14.3. The van der Waals surface area contributed by atoms with Crippen molar-refractivity contribution in [2.75, 3.05) is 43.1 Å². The number of hydrogen-bond donors (Lipinski definition) is 0. The van der Waals surface area contributed by atoms with Crippen LogP contribution in [-0.2, 0) is 0 Å². The molecule has 1 aromatic heterocycles. The number of aromatic nitrogens is 2. The standard InChI is InChI=1S/C21H20F2N4O2/c1-13(28)14-3-4-19(16(22)9-14)26-5-7-27(8-6-26)21-15-10-20(29-2)17(23)11-18(15)24-12-25-21/h3-4,9-12H,5-8H2,1-2H3. The SMILES string of the molecule is COc1cc2c(N3CCN(c4ccc(C(C)=O)cc4F)CC3)ncnc2cc1F. The van der Waals surface area contributed by atoms with E-state index in [0.717, 1.165) is 0 Å². The van der Waals surface area contributed by atoms with Crippen LogP contribution in [0.1, 0.15) is 17.3 Å². The van der Waals surface area contributed by atoms with Gasteiger partial charge in [0.2, 0.25) is 0 Å². The maximum atomic E-state index is 14.5. The number of halogens is 2. The van der Waals surface area contributed by atoms with E-state index in [0.29, 0.717) is 54.2 Å².